The van der Waals surface area contributed by atoms with Crippen LogP contribution in [-0.4, -0.2) is 48.0 Å². The summed E-state index contributed by atoms with van der Waals surface area (Å²) in [7, 11) is 1.24. The predicted octanol–water partition coefficient (Wildman–Crippen LogP) is 5.26. The minimum atomic E-state index is -4.76. The summed E-state index contributed by atoms with van der Waals surface area (Å²) in [6.07, 6.45) is -3.52. The molecule has 0 aliphatic carbocycles. The highest BCUT2D eigenvalue weighted by molar-refractivity contribution is 6.30. The van der Waals surface area contributed by atoms with Crippen molar-refractivity contribution < 1.29 is 31.9 Å². The maximum Gasteiger partial charge on any atom is 0.435 e. The lowest BCUT2D eigenvalue weighted by Crippen LogP contribution is -2.39. The van der Waals surface area contributed by atoms with E-state index in [2.05, 4.69) is 15.7 Å². The third-order valence-corrected chi connectivity index (χ3v) is 5.94. The van der Waals surface area contributed by atoms with Crippen molar-refractivity contribution in [3.63, 3.8) is 0 Å². The molecule has 4 rings (SSSR count). The first kappa shape index (κ1) is 26.4. The van der Waals surface area contributed by atoms with Gasteiger partial charge in [-0.2, -0.15) is 18.3 Å². The fourth-order valence-corrected chi connectivity index (χ4v) is 3.92. The molecule has 13 heteroatoms. The van der Waals surface area contributed by atoms with Gasteiger partial charge < -0.3 is 15.4 Å². The quantitative estimate of drug-likeness (QED) is 0.433. The van der Waals surface area contributed by atoms with Crippen molar-refractivity contribution in [3.05, 3.63) is 70.6 Å². The van der Waals surface area contributed by atoms with E-state index in [9.17, 15) is 27.2 Å². The van der Waals surface area contributed by atoms with Gasteiger partial charge in [-0.15, -0.1) is 0 Å². The number of hydrogen-bond donors (Lipinski definition) is 2. The highest BCUT2D eigenvalue weighted by Crippen LogP contribution is 2.33. The lowest BCUT2D eigenvalue weighted by Gasteiger charge is -2.23. The average Bonchev–Trinajstić information content (AvgIpc) is 3.30. The molecule has 0 unspecified atom stereocenters. The van der Waals surface area contributed by atoms with Gasteiger partial charge in [0.05, 0.1) is 11.3 Å². The first-order valence-corrected chi connectivity index (χ1v) is 11.6. The van der Waals surface area contributed by atoms with E-state index in [4.69, 9.17) is 16.3 Å². The number of carbonyl (C=O) groups excluding carboxylic acids is 2. The number of nitrogens with zero attached hydrogens (tertiary/aromatic N) is 3. The topological polar surface area (TPSA) is 88.5 Å². The van der Waals surface area contributed by atoms with Crippen LogP contribution in [0.1, 0.15) is 28.9 Å². The first-order chi connectivity index (χ1) is 17.5. The molecule has 1 saturated heterocycles. The number of urea groups is 1. The van der Waals surface area contributed by atoms with Gasteiger partial charge in [-0.3, -0.25) is 9.69 Å². The van der Waals surface area contributed by atoms with Gasteiger partial charge in [-0.1, -0.05) is 17.7 Å². The zero-order valence-corrected chi connectivity index (χ0v) is 20.2. The number of hydrogen-bond acceptors (Lipinski definition) is 4. The highest BCUT2D eigenvalue weighted by Gasteiger charge is 2.36. The van der Waals surface area contributed by atoms with Crippen LogP contribution in [0.4, 0.5) is 33.9 Å². The van der Waals surface area contributed by atoms with Gasteiger partial charge in [0.1, 0.15) is 11.6 Å². The number of nitrogens with one attached hydrogen (secondary N) is 2. The van der Waals surface area contributed by atoms with E-state index in [0.29, 0.717) is 32.1 Å². The molecule has 1 aliphatic heterocycles. The van der Waals surface area contributed by atoms with E-state index in [0.717, 1.165) is 15.6 Å². The van der Waals surface area contributed by atoms with E-state index in [1.807, 2.05) is 0 Å². The molecule has 0 radical (unpaired) electrons. The lowest BCUT2D eigenvalue weighted by molar-refractivity contribution is -0.141. The standard InChI is InChI=1S/C24H22ClF4N5O3/c1-33(21-13-20(24(27,28)29)32-34(21)17-4-2-3-14(25)11-17)23(36)31-16-5-6-18(19(26)12-16)22(35)30-15-7-9-37-10-8-15/h2-6,11-13,15H,7-10H2,1H3,(H,30,35)(H,31,36). The molecular formula is C24H22ClF4N5O3. The minimum Gasteiger partial charge on any atom is -0.381 e. The van der Waals surface area contributed by atoms with E-state index in [1.165, 1.54) is 43.4 Å². The first-order valence-electron chi connectivity index (χ1n) is 11.2. The molecule has 3 aromatic rings. The Bertz CT molecular complexity index is 1310. The van der Waals surface area contributed by atoms with E-state index >= 15 is 0 Å². The Kier molecular flexibility index (Phi) is 7.69. The number of rotatable bonds is 5. The van der Waals surface area contributed by atoms with Gasteiger partial charge in [-0.25, -0.2) is 13.9 Å². The van der Waals surface area contributed by atoms with Crippen molar-refractivity contribution in [2.45, 2.75) is 25.1 Å². The van der Waals surface area contributed by atoms with Gasteiger partial charge in [0, 0.05) is 43.1 Å². The molecule has 1 fully saturated rings. The molecule has 2 aromatic carbocycles. The van der Waals surface area contributed by atoms with Gasteiger partial charge >= 0.3 is 12.2 Å². The van der Waals surface area contributed by atoms with Crippen LogP contribution in [0.2, 0.25) is 5.02 Å². The number of halogens is 5. The zero-order valence-electron chi connectivity index (χ0n) is 19.5. The minimum absolute atomic E-state index is 0.00170. The van der Waals surface area contributed by atoms with Crippen LogP contribution in [0.5, 0.6) is 0 Å². The summed E-state index contributed by atoms with van der Waals surface area (Å²) in [5.41, 5.74) is -1.22. The van der Waals surface area contributed by atoms with Crippen molar-refractivity contribution in [1.82, 2.24) is 15.1 Å². The second-order valence-corrected chi connectivity index (χ2v) is 8.76. The summed E-state index contributed by atoms with van der Waals surface area (Å²) in [4.78, 5) is 26.2. The van der Waals surface area contributed by atoms with Crippen molar-refractivity contribution in [3.8, 4) is 5.69 Å². The number of amides is 3. The van der Waals surface area contributed by atoms with E-state index < -0.39 is 29.6 Å². The number of aromatic nitrogens is 2. The summed E-state index contributed by atoms with van der Waals surface area (Å²) in [6, 6.07) is 9.16. The average molecular weight is 540 g/mol. The van der Waals surface area contributed by atoms with Crippen LogP contribution in [0, 0.1) is 5.82 Å². The Morgan fingerprint density at radius 3 is 2.51 bits per heavy atom. The van der Waals surface area contributed by atoms with E-state index in [1.54, 1.807) is 0 Å². The largest absolute Gasteiger partial charge is 0.435 e. The summed E-state index contributed by atoms with van der Waals surface area (Å²) < 4.78 is 61.0. The molecule has 0 atom stereocenters. The van der Waals surface area contributed by atoms with Gasteiger partial charge in [0.2, 0.25) is 0 Å². The SMILES string of the molecule is CN(C(=O)Nc1ccc(C(=O)NC2CCOCC2)c(F)c1)c1cc(C(F)(F)F)nn1-c1cccc(Cl)c1. The molecule has 0 saturated carbocycles. The van der Waals surface area contributed by atoms with E-state index in [-0.39, 0.29) is 33.8 Å². The third kappa shape index (κ3) is 6.20. The fourth-order valence-electron chi connectivity index (χ4n) is 3.74. The number of benzene rings is 2. The van der Waals surface area contributed by atoms with Crippen LogP contribution in [-0.2, 0) is 10.9 Å². The summed E-state index contributed by atoms with van der Waals surface area (Å²) in [5.74, 6) is -1.67. The normalized spacial score (nSPS) is 14.3. The number of anilines is 2. The van der Waals surface area contributed by atoms with Gasteiger partial charge in [0.15, 0.2) is 5.69 Å². The molecule has 2 heterocycles. The molecule has 8 nitrogen and oxygen atoms in total. The summed E-state index contributed by atoms with van der Waals surface area (Å²) in [5, 5.41) is 9.02. The van der Waals surface area contributed by atoms with Crippen molar-refractivity contribution in [2.24, 2.45) is 0 Å². The summed E-state index contributed by atoms with van der Waals surface area (Å²) in [6.45, 7) is 1.01. The molecule has 2 N–H and O–H groups in total. The second-order valence-electron chi connectivity index (χ2n) is 8.32. The maximum atomic E-state index is 14.7. The molecular weight excluding hydrogens is 518 g/mol. The van der Waals surface area contributed by atoms with Gasteiger partial charge in [0.25, 0.3) is 5.91 Å². The fraction of sp³-hybridized carbons (Fsp3) is 0.292. The highest BCUT2D eigenvalue weighted by atomic mass is 35.5. The summed E-state index contributed by atoms with van der Waals surface area (Å²) >= 11 is 5.97. The Labute approximate surface area is 214 Å². The Hall–Kier alpha value is -3.64. The second kappa shape index (κ2) is 10.8. The molecule has 37 heavy (non-hydrogen) atoms. The van der Waals surface area contributed by atoms with Gasteiger partial charge in [-0.05, 0) is 49.2 Å². The zero-order chi connectivity index (χ0) is 26.7. The van der Waals surface area contributed by atoms with Crippen molar-refractivity contribution >= 4 is 35.0 Å². The monoisotopic (exact) mass is 539 g/mol. The van der Waals surface area contributed by atoms with Crippen LogP contribution < -0.4 is 15.5 Å². The van der Waals surface area contributed by atoms with Crippen LogP contribution in [0.25, 0.3) is 5.69 Å². The number of carbonyl (C=O) groups is 2. The lowest BCUT2D eigenvalue weighted by atomic mass is 10.1. The van der Waals surface area contributed by atoms with Crippen LogP contribution >= 0.6 is 11.6 Å². The maximum absolute atomic E-state index is 14.7. The Balaban J connectivity index is 1.53. The molecule has 1 aliphatic rings. The number of alkyl halides is 3. The smallest absolute Gasteiger partial charge is 0.381 e. The van der Waals surface area contributed by atoms with Crippen molar-refractivity contribution in [2.75, 3.05) is 30.5 Å². The predicted molar refractivity (Wildman–Crippen MR) is 129 cm³/mol. The molecule has 196 valence electrons. The van der Waals surface area contributed by atoms with Crippen molar-refractivity contribution in [1.29, 1.82) is 0 Å². The molecule has 3 amide bonds. The molecule has 1 aromatic heterocycles. The third-order valence-electron chi connectivity index (χ3n) is 5.70. The van der Waals surface area contributed by atoms with Crippen LogP contribution in [0.3, 0.4) is 0 Å². The van der Waals surface area contributed by atoms with Crippen LogP contribution in [0.15, 0.2) is 48.5 Å². The Morgan fingerprint density at radius 2 is 1.86 bits per heavy atom. The number of ether oxygens (including phenoxy) is 1. The molecule has 0 spiro atoms. The molecule has 0 bridgehead atoms. The Morgan fingerprint density at radius 1 is 1.14 bits per heavy atom.